The van der Waals surface area contributed by atoms with Gasteiger partial charge in [0.2, 0.25) is 5.91 Å². The highest BCUT2D eigenvalue weighted by atomic mass is 35.5. The van der Waals surface area contributed by atoms with Gasteiger partial charge in [-0.15, -0.1) is 11.6 Å². The van der Waals surface area contributed by atoms with Crippen LogP contribution in [0.1, 0.15) is 35.8 Å². The Morgan fingerprint density at radius 3 is 3.00 bits per heavy atom. The molecule has 108 valence electrons. The molecule has 0 spiro atoms. The number of benzene rings is 1. The van der Waals surface area contributed by atoms with Gasteiger partial charge in [-0.05, 0) is 37.0 Å². The van der Waals surface area contributed by atoms with E-state index in [0.29, 0.717) is 30.7 Å². The molecule has 1 fully saturated rings. The molecule has 1 aromatic carbocycles. The Labute approximate surface area is 122 Å². The average Bonchev–Trinajstić information content (AvgIpc) is 2.46. The lowest BCUT2D eigenvalue weighted by molar-refractivity contribution is -0.116. The maximum Gasteiger partial charge on any atom is 0.224 e. The lowest BCUT2D eigenvalue weighted by Gasteiger charge is -2.28. The first-order valence-electron chi connectivity index (χ1n) is 6.99. The minimum Gasteiger partial charge on any atom is -0.381 e. The number of alkyl halides is 1. The van der Waals surface area contributed by atoms with E-state index in [-0.39, 0.29) is 23.0 Å². The first kappa shape index (κ1) is 13.8. The Morgan fingerprint density at radius 2 is 2.25 bits per heavy atom. The van der Waals surface area contributed by atoms with Crippen LogP contribution in [0.3, 0.4) is 0 Å². The van der Waals surface area contributed by atoms with Crippen molar-refractivity contribution in [3.63, 3.8) is 0 Å². The smallest absolute Gasteiger partial charge is 0.224 e. The number of hydrogen-bond acceptors (Lipinski definition) is 2. The molecule has 2 unspecified atom stereocenters. The van der Waals surface area contributed by atoms with E-state index in [1.165, 1.54) is 6.07 Å². The van der Waals surface area contributed by atoms with Crippen molar-refractivity contribution in [1.29, 1.82) is 0 Å². The molecule has 0 radical (unpaired) electrons. The van der Waals surface area contributed by atoms with Gasteiger partial charge in [-0.3, -0.25) is 4.79 Å². The third kappa shape index (κ3) is 2.67. The normalized spacial score (nSPS) is 23.9. The van der Waals surface area contributed by atoms with Crippen LogP contribution in [0.4, 0.5) is 10.1 Å². The van der Waals surface area contributed by atoms with Crippen LogP contribution in [0.25, 0.3) is 0 Å². The van der Waals surface area contributed by atoms with Crippen LogP contribution >= 0.6 is 11.6 Å². The summed E-state index contributed by atoms with van der Waals surface area (Å²) in [5.41, 5.74) is 2.06. The summed E-state index contributed by atoms with van der Waals surface area (Å²) in [7, 11) is 0. The summed E-state index contributed by atoms with van der Waals surface area (Å²) in [5, 5.41) is 2.32. The summed E-state index contributed by atoms with van der Waals surface area (Å²) in [6.07, 6.45) is 3.01. The number of hydrogen-bond donors (Lipinski definition) is 1. The second kappa shape index (κ2) is 5.70. The van der Waals surface area contributed by atoms with Crippen LogP contribution in [-0.4, -0.2) is 19.1 Å². The number of halogens is 2. The highest BCUT2D eigenvalue weighted by molar-refractivity contribution is 6.21. The van der Waals surface area contributed by atoms with Crippen molar-refractivity contribution >= 4 is 23.2 Å². The number of rotatable bonds is 2. The summed E-state index contributed by atoms with van der Waals surface area (Å²) in [6.45, 7) is 1.35. The SMILES string of the molecule is O=C1CCc2cc(C(Cl)C3CCCOC3)c(F)cc2N1. The molecular formula is C15H17ClFNO2. The average molecular weight is 298 g/mol. The predicted octanol–water partition coefficient (Wildman–Crippen LogP) is 3.42. The number of carbonyl (C=O) groups excluding carboxylic acids is 1. The molecule has 0 aromatic heterocycles. The maximum absolute atomic E-state index is 14.2. The molecule has 0 bridgehead atoms. The van der Waals surface area contributed by atoms with Crippen molar-refractivity contribution in [1.82, 2.24) is 0 Å². The van der Waals surface area contributed by atoms with E-state index in [1.54, 1.807) is 6.07 Å². The van der Waals surface area contributed by atoms with E-state index in [2.05, 4.69) is 5.32 Å². The molecule has 2 aliphatic rings. The number of nitrogens with one attached hydrogen (secondary N) is 1. The summed E-state index contributed by atoms with van der Waals surface area (Å²) >= 11 is 6.45. The van der Waals surface area contributed by atoms with E-state index in [1.807, 2.05) is 0 Å². The minimum absolute atomic E-state index is 0.0623. The maximum atomic E-state index is 14.2. The molecule has 1 N–H and O–H groups in total. The van der Waals surface area contributed by atoms with Gasteiger partial charge in [-0.1, -0.05) is 0 Å². The highest BCUT2D eigenvalue weighted by Gasteiger charge is 2.28. The fourth-order valence-electron chi connectivity index (χ4n) is 2.88. The largest absolute Gasteiger partial charge is 0.381 e. The monoisotopic (exact) mass is 297 g/mol. The first-order chi connectivity index (χ1) is 9.65. The van der Waals surface area contributed by atoms with Gasteiger partial charge in [0, 0.05) is 30.2 Å². The first-order valence-corrected chi connectivity index (χ1v) is 7.43. The van der Waals surface area contributed by atoms with E-state index < -0.39 is 0 Å². The van der Waals surface area contributed by atoms with Gasteiger partial charge in [0.15, 0.2) is 0 Å². The molecule has 2 heterocycles. The molecule has 20 heavy (non-hydrogen) atoms. The van der Waals surface area contributed by atoms with Crippen LogP contribution in [-0.2, 0) is 16.0 Å². The van der Waals surface area contributed by atoms with Gasteiger partial charge in [0.05, 0.1) is 12.0 Å². The van der Waals surface area contributed by atoms with Crippen LogP contribution in [0, 0.1) is 11.7 Å². The molecule has 1 amide bonds. The summed E-state index contributed by atoms with van der Waals surface area (Å²) in [6, 6.07) is 3.19. The zero-order chi connectivity index (χ0) is 14.1. The minimum atomic E-state index is -0.377. The third-order valence-corrected chi connectivity index (χ3v) is 4.62. The second-order valence-electron chi connectivity index (χ2n) is 5.46. The quantitative estimate of drug-likeness (QED) is 0.850. The van der Waals surface area contributed by atoms with E-state index >= 15 is 0 Å². The van der Waals surface area contributed by atoms with Crippen molar-refractivity contribution < 1.29 is 13.9 Å². The van der Waals surface area contributed by atoms with Crippen molar-refractivity contribution in [3.05, 3.63) is 29.1 Å². The Bertz CT molecular complexity index is 529. The zero-order valence-electron chi connectivity index (χ0n) is 11.1. The van der Waals surface area contributed by atoms with Crippen LogP contribution in [0.2, 0.25) is 0 Å². The Kier molecular flexibility index (Phi) is 3.94. The number of amides is 1. The summed E-state index contributed by atoms with van der Waals surface area (Å²) in [5.74, 6) is -0.263. The topological polar surface area (TPSA) is 38.3 Å². The number of aryl methyl sites for hydroxylation is 1. The van der Waals surface area contributed by atoms with Gasteiger partial charge in [0.1, 0.15) is 5.82 Å². The van der Waals surface area contributed by atoms with Crippen molar-refractivity contribution in [2.75, 3.05) is 18.5 Å². The fourth-order valence-corrected chi connectivity index (χ4v) is 3.25. The van der Waals surface area contributed by atoms with E-state index in [4.69, 9.17) is 16.3 Å². The fraction of sp³-hybridized carbons (Fsp3) is 0.533. The van der Waals surface area contributed by atoms with Crippen molar-refractivity contribution in [3.8, 4) is 0 Å². The molecule has 2 atom stereocenters. The van der Waals surface area contributed by atoms with Gasteiger partial charge in [-0.25, -0.2) is 4.39 Å². The van der Waals surface area contributed by atoms with Crippen molar-refractivity contribution in [2.24, 2.45) is 5.92 Å². The zero-order valence-corrected chi connectivity index (χ0v) is 11.9. The van der Waals surface area contributed by atoms with Crippen molar-refractivity contribution in [2.45, 2.75) is 31.1 Å². The third-order valence-electron chi connectivity index (χ3n) is 4.02. The molecule has 0 aliphatic carbocycles. The lowest BCUT2D eigenvalue weighted by Crippen LogP contribution is -2.23. The summed E-state index contributed by atoms with van der Waals surface area (Å²) in [4.78, 5) is 11.3. The Balaban J connectivity index is 1.87. The molecule has 1 aromatic rings. The van der Waals surface area contributed by atoms with Gasteiger partial charge >= 0.3 is 0 Å². The number of ether oxygens (including phenoxy) is 1. The van der Waals surface area contributed by atoms with Gasteiger partial charge in [0.25, 0.3) is 0 Å². The molecular weight excluding hydrogens is 281 g/mol. The van der Waals surface area contributed by atoms with Gasteiger partial charge in [-0.2, -0.15) is 0 Å². The summed E-state index contributed by atoms with van der Waals surface area (Å²) < 4.78 is 19.7. The van der Waals surface area contributed by atoms with Gasteiger partial charge < -0.3 is 10.1 Å². The molecule has 3 rings (SSSR count). The highest BCUT2D eigenvalue weighted by Crippen LogP contribution is 2.38. The van der Waals surface area contributed by atoms with E-state index in [9.17, 15) is 9.18 Å². The number of carbonyl (C=O) groups is 1. The standard InChI is InChI=1S/C15H17ClFNO2/c16-15(10-2-1-5-20-8-10)11-6-9-3-4-14(19)18-13(9)7-12(11)17/h6-7,10,15H,1-5,8H2,(H,18,19). The molecule has 3 nitrogen and oxygen atoms in total. The predicted molar refractivity (Wildman–Crippen MR) is 75.5 cm³/mol. The lowest BCUT2D eigenvalue weighted by atomic mass is 9.91. The molecule has 1 saturated heterocycles. The molecule has 2 aliphatic heterocycles. The van der Waals surface area contributed by atoms with Crippen LogP contribution in [0.5, 0.6) is 0 Å². The van der Waals surface area contributed by atoms with Crippen LogP contribution in [0.15, 0.2) is 12.1 Å². The second-order valence-corrected chi connectivity index (χ2v) is 5.93. The van der Waals surface area contributed by atoms with E-state index in [0.717, 1.165) is 25.0 Å². The number of fused-ring (bicyclic) bond motifs is 1. The molecule has 5 heteroatoms. The Morgan fingerprint density at radius 1 is 1.40 bits per heavy atom. The molecule has 0 saturated carbocycles. The van der Waals surface area contributed by atoms with Crippen LogP contribution < -0.4 is 5.32 Å². The Hall–Kier alpha value is -1.13. The number of anilines is 1.